The molecule has 3 aromatic heterocycles. The van der Waals surface area contributed by atoms with Gasteiger partial charge in [0.15, 0.2) is 5.11 Å². The first kappa shape index (κ1) is 24.5. The molecule has 1 aromatic carbocycles. The number of pyridine rings is 2. The van der Waals surface area contributed by atoms with Crippen LogP contribution in [0.5, 0.6) is 5.75 Å². The second kappa shape index (κ2) is 10.8. The predicted molar refractivity (Wildman–Crippen MR) is 148 cm³/mol. The number of benzene rings is 1. The zero-order valence-electron chi connectivity index (χ0n) is 20.7. The largest absolute Gasteiger partial charge is 0.494 e. The molecule has 37 heavy (non-hydrogen) atoms. The van der Waals surface area contributed by atoms with Gasteiger partial charge in [-0.25, -0.2) is 0 Å². The highest BCUT2D eigenvalue weighted by atomic mass is 32.1. The molecule has 0 spiro atoms. The quantitative estimate of drug-likeness (QED) is 0.326. The summed E-state index contributed by atoms with van der Waals surface area (Å²) in [4.78, 5) is 23.3. The Bertz CT molecular complexity index is 1390. The summed E-state index contributed by atoms with van der Waals surface area (Å²) in [5, 5.41) is 6.98. The molecule has 2 atom stereocenters. The van der Waals surface area contributed by atoms with E-state index in [0.717, 1.165) is 22.8 Å². The molecule has 2 N–H and O–H groups in total. The van der Waals surface area contributed by atoms with Crippen molar-refractivity contribution in [2.75, 3.05) is 17.3 Å². The van der Waals surface area contributed by atoms with Crippen molar-refractivity contribution < 1.29 is 9.53 Å². The number of thiocarbonyl (C=S) groups is 1. The molecule has 1 amide bonds. The standard InChI is InChI=1S/C28H28N6O2S/c1-3-25(35)31-21-13-12-20(17-24(21)36-2)34-27(26(32-28(34)37)22-10-5-7-15-30-22)23-11-8-16-33(23)18-19-9-4-6-14-29-19/h4-17,26-27H,3,18H2,1-2H3,(H,31,35)(H,32,37)/t26-,27+/m1/s1. The van der Waals surface area contributed by atoms with Crippen LogP contribution in [0.2, 0.25) is 0 Å². The number of nitrogens with one attached hydrogen (secondary N) is 2. The Morgan fingerprint density at radius 1 is 1.08 bits per heavy atom. The van der Waals surface area contributed by atoms with Crippen molar-refractivity contribution >= 4 is 34.6 Å². The Kier molecular flexibility index (Phi) is 7.14. The molecule has 0 aliphatic carbocycles. The fraction of sp³-hybridized carbons (Fsp3) is 0.214. The van der Waals surface area contributed by atoms with E-state index in [4.69, 9.17) is 17.0 Å². The third kappa shape index (κ3) is 5.03. The molecule has 9 heteroatoms. The van der Waals surface area contributed by atoms with Crippen LogP contribution in [0.1, 0.15) is 42.5 Å². The molecular weight excluding hydrogens is 484 g/mol. The number of nitrogens with zero attached hydrogens (tertiary/aromatic N) is 4. The molecule has 4 aromatic rings. The highest BCUT2D eigenvalue weighted by Gasteiger charge is 2.42. The van der Waals surface area contributed by atoms with E-state index in [1.807, 2.05) is 67.6 Å². The summed E-state index contributed by atoms with van der Waals surface area (Å²) in [6.45, 7) is 2.44. The molecule has 1 saturated heterocycles. The number of rotatable bonds is 8. The molecule has 1 aliphatic heterocycles. The van der Waals surface area contributed by atoms with Gasteiger partial charge in [0.25, 0.3) is 0 Å². The van der Waals surface area contributed by atoms with E-state index >= 15 is 0 Å². The Hall–Kier alpha value is -4.24. The van der Waals surface area contributed by atoms with E-state index in [-0.39, 0.29) is 18.0 Å². The van der Waals surface area contributed by atoms with Gasteiger partial charge in [0.1, 0.15) is 11.8 Å². The van der Waals surface area contributed by atoms with Crippen LogP contribution in [0.4, 0.5) is 11.4 Å². The normalized spacial score (nSPS) is 16.9. The van der Waals surface area contributed by atoms with Crippen LogP contribution in [0.15, 0.2) is 85.3 Å². The number of ether oxygens (including phenoxy) is 1. The molecule has 0 saturated carbocycles. The summed E-state index contributed by atoms with van der Waals surface area (Å²) >= 11 is 5.88. The smallest absolute Gasteiger partial charge is 0.224 e. The molecule has 0 radical (unpaired) electrons. The number of carbonyl (C=O) groups is 1. The minimum absolute atomic E-state index is 0.0788. The van der Waals surface area contributed by atoms with E-state index in [2.05, 4.69) is 42.3 Å². The lowest BCUT2D eigenvalue weighted by Gasteiger charge is -2.29. The minimum atomic E-state index is -0.193. The molecule has 1 fully saturated rings. The Morgan fingerprint density at radius 2 is 1.89 bits per heavy atom. The third-order valence-corrected chi connectivity index (χ3v) is 6.70. The maximum absolute atomic E-state index is 12.0. The number of aromatic nitrogens is 3. The maximum atomic E-state index is 12.0. The van der Waals surface area contributed by atoms with E-state index in [1.165, 1.54) is 0 Å². The Morgan fingerprint density at radius 3 is 2.59 bits per heavy atom. The topological polar surface area (TPSA) is 84.3 Å². The van der Waals surface area contributed by atoms with Crippen molar-refractivity contribution in [3.8, 4) is 5.75 Å². The maximum Gasteiger partial charge on any atom is 0.224 e. The average Bonchev–Trinajstić information content (AvgIpc) is 3.53. The zero-order valence-corrected chi connectivity index (χ0v) is 21.5. The average molecular weight is 513 g/mol. The van der Waals surface area contributed by atoms with Crippen molar-refractivity contribution in [3.05, 3.63) is 102 Å². The van der Waals surface area contributed by atoms with Gasteiger partial charge in [0, 0.05) is 42.5 Å². The van der Waals surface area contributed by atoms with Gasteiger partial charge < -0.3 is 24.8 Å². The summed E-state index contributed by atoms with van der Waals surface area (Å²) in [7, 11) is 1.59. The van der Waals surface area contributed by atoms with Crippen LogP contribution in [-0.4, -0.2) is 32.7 Å². The fourth-order valence-electron chi connectivity index (χ4n) is 4.61. The van der Waals surface area contributed by atoms with Crippen LogP contribution < -0.4 is 20.3 Å². The number of amides is 1. The van der Waals surface area contributed by atoms with Gasteiger partial charge in [-0.1, -0.05) is 19.1 Å². The van der Waals surface area contributed by atoms with Crippen molar-refractivity contribution in [1.82, 2.24) is 19.9 Å². The first-order valence-corrected chi connectivity index (χ1v) is 12.5. The number of anilines is 2. The fourth-order valence-corrected chi connectivity index (χ4v) is 4.96. The van der Waals surface area contributed by atoms with E-state index in [9.17, 15) is 4.79 Å². The molecule has 4 heterocycles. The van der Waals surface area contributed by atoms with Gasteiger partial charge in [-0.2, -0.15) is 0 Å². The zero-order chi connectivity index (χ0) is 25.8. The van der Waals surface area contributed by atoms with Crippen LogP contribution in [0.25, 0.3) is 0 Å². The molecule has 5 rings (SSSR count). The van der Waals surface area contributed by atoms with Gasteiger partial charge in [-0.3, -0.25) is 14.8 Å². The van der Waals surface area contributed by atoms with Crippen molar-refractivity contribution in [2.24, 2.45) is 0 Å². The first-order valence-electron chi connectivity index (χ1n) is 12.1. The molecule has 0 bridgehead atoms. The minimum Gasteiger partial charge on any atom is -0.494 e. The summed E-state index contributed by atoms with van der Waals surface area (Å²) in [6.07, 6.45) is 6.04. The third-order valence-electron chi connectivity index (χ3n) is 6.38. The van der Waals surface area contributed by atoms with Crippen molar-refractivity contribution in [3.63, 3.8) is 0 Å². The summed E-state index contributed by atoms with van der Waals surface area (Å²) < 4.78 is 7.83. The number of methoxy groups -OCH3 is 1. The Balaban J connectivity index is 1.58. The van der Waals surface area contributed by atoms with Gasteiger partial charge in [-0.05, 0) is 60.7 Å². The lowest BCUT2D eigenvalue weighted by Crippen LogP contribution is -2.30. The Labute approximate surface area is 221 Å². The summed E-state index contributed by atoms with van der Waals surface area (Å²) in [5.74, 6) is 0.482. The van der Waals surface area contributed by atoms with Crippen molar-refractivity contribution in [1.29, 1.82) is 0 Å². The van der Waals surface area contributed by atoms with Gasteiger partial charge >= 0.3 is 0 Å². The molecule has 188 valence electrons. The van der Waals surface area contributed by atoms with Crippen LogP contribution in [0, 0.1) is 0 Å². The number of carbonyl (C=O) groups excluding carboxylic acids is 1. The molecule has 0 unspecified atom stereocenters. The SMILES string of the molecule is CCC(=O)Nc1ccc(N2C(=S)N[C@H](c3ccccn3)[C@@H]2c2cccn2Cc2ccccn2)cc1OC. The van der Waals surface area contributed by atoms with E-state index in [1.54, 1.807) is 19.5 Å². The number of hydrogen-bond acceptors (Lipinski definition) is 5. The van der Waals surface area contributed by atoms with Gasteiger partial charge in [0.2, 0.25) is 5.91 Å². The number of hydrogen-bond donors (Lipinski definition) is 2. The van der Waals surface area contributed by atoms with Crippen LogP contribution in [-0.2, 0) is 11.3 Å². The summed E-state index contributed by atoms with van der Waals surface area (Å²) in [6, 6.07) is 21.3. The lowest BCUT2D eigenvalue weighted by molar-refractivity contribution is -0.115. The molecular formula is C28H28N6O2S. The second-order valence-corrected chi connectivity index (χ2v) is 9.05. The molecule has 1 aliphatic rings. The first-order chi connectivity index (χ1) is 18.1. The second-order valence-electron chi connectivity index (χ2n) is 8.66. The van der Waals surface area contributed by atoms with Crippen LogP contribution in [0.3, 0.4) is 0 Å². The van der Waals surface area contributed by atoms with E-state index < -0.39 is 0 Å². The van der Waals surface area contributed by atoms with Gasteiger partial charge in [0.05, 0.1) is 36.8 Å². The van der Waals surface area contributed by atoms with Crippen LogP contribution >= 0.6 is 12.2 Å². The van der Waals surface area contributed by atoms with Crippen molar-refractivity contribution in [2.45, 2.75) is 32.0 Å². The summed E-state index contributed by atoms with van der Waals surface area (Å²) in [5.41, 5.74) is 4.38. The predicted octanol–water partition coefficient (Wildman–Crippen LogP) is 4.86. The van der Waals surface area contributed by atoms with E-state index in [0.29, 0.717) is 29.5 Å². The highest BCUT2D eigenvalue weighted by molar-refractivity contribution is 7.80. The lowest BCUT2D eigenvalue weighted by atomic mass is 10.0. The molecule has 8 nitrogen and oxygen atoms in total. The highest BCUT2D eigenvalue weighted by Crippen LogP contribution is 2.43. The monoisotopic (exact) mass is 512 g/mol. The van der Waals surface area contributed by atoms with Gasteiger partial charge in [-0.15, -0.1) is 0 Å².